The number of piperidine rings is 1. The van der Waals surface area contributed by atoms with Crippen molar-refractivity contribution in [2.75, 3.05) is 19.6 Å². The number of fused-ring (bicyclic) bond motifs is 1. The Morgan fingerprint density at radius 3 is 2.80 bits per heavy atom. The van der Waals surface area contributed by atoms with Gasteiger partial charge in [-0.1, -0.05) is 18.6 Å². The van der Waals surface area contributed by atoms with E-state index in [2.05, 4.69) is 28.2 Å². The molecule has 1 aromatic heterocycles. The van der Waals surface area contributed by atoms with Crippen molar-refractivity contribution < 1.29 is 9.90 Å². The van der Waals surface area contributed by atoms with E-state index in [0.29, 0.717) is 18.2 Å². The summed E-state index contributed by atoms with van der Waals surface area (Å²) in [6.07, 6.45) is 8.32. The molecule has 1 fully saturated rings. The van der Waals surface area contributed by atoms with Crippen LogP contribution in [0, 0.1) is 0 Å². The van der Waals surface area contributed by atoms with E-state index >= 15 is 0 Å². The third-order valence-corrected chi connectivity index (χ3v) is 6.05. The third-order valence-electron chi connectivity index (χ3n) is 6.05. The Labute approximate surface area is 177 Å². The Hall–Kier alpha value is -2.92. The molecule has 2 heterocycles. The highest BCUT2D eigenvalue weighted by atomic mass is 16.3. The molecule has 4 rings (SSSR count). The van der Waals surface area contributed by atoms with Crippen molar-refractivity contribution >= 4 is 16.7 Å². The largest absolute Gasteiger partial charge is 0.508 e. The second kappa shape index (κ2) is 9.26. The standard InChI is InChI=1S/C25H29N3O2/c1-18-5-2-3-13-28(18)14-4-11-27-25(30)23-16-21(19-6-8-22(29)9-7-19)15-20-10-12-26-17-24(20)23/h6-10,12,15-18,29H,2-5,11,13-14H2,1H3,(H,27,30). The van der Waals surface area contributed by atoms with Crippen molar-refractivity contribution in [2.45, 2.75) is 38.6 Å². The highest BCUT2D eigenvalue weighted by Crippen LogP contribution is 2.28. The van der Waals surface area contributed by atoms with Gasteiger partial charge in [0.2, 0.25) is 0 Å². The van der Waals surface area contributed by atoms with Gasteiger partial charge in [-0.15, -0.1) is 0 Å². The molecule has 0 aliphatic carbocycles. The van der Waals surface area contributed by atoms with Crippen LogP contribution in [-0.4, -0.2) is 46.6 Å². The van der Waals surface area contributed by atoms with Crippen molar-refractivity contribution in [3.8, 4) is 16.9 Å². The highest BCUT2D eigenvalue weighted by molar-refractivity contribution is 6.08. The molecule has 1 unspecified atom stereocenters. The number of aromatic hydroxyl groups is 1. The topological polar surface area (TPSA) is 65.5 Å². The molecule has 1 amide bonds. The lowest BCUT2D eigenvalue weighted by molar-refractivity contribution is 0.0950. The summed E-state index contributed by atoms with van der Waals surface area (Å²) < 4.78 is 0. The summed E-state index contributed by atoms with van der Waals surface area (Å²) in [6.45, 7) is 5.15. The number of carbonyl (C=O) groups excluding carboxylic acids is 1. The van der Waals surface area contributed by atoms with Gasteiger partial charge in [0.15, 0.2) is 0 Å². The number of phenols is 1. The van der Waals surface area contributed by atoms with Crippen LogP contribution in [0.5, 0.6) is 5.75 Å². The minimum absolute atomic E-state index is 0.0691. The molecule has 3 aromatic rings. The first-order valence-electron chi connectivity index (χ1n) is 10.8. The first-order chi connectivity index (χ1) is 14.6. The second-order valence-electron chi connectivity index (χ2n) is 8.16. The number of hydrogen-bond acceptors (Lipinski definition) is 4. The van der Waals surface area contributed by atoms with E-state index in [4.69, 9.17) is 0 Å². The molecule has 2 aromatic carbocycles. The van der Waals surface area contributed by atoms with Gasteiger partial charge in [-0.25, -0.2) is 0 Å². The van der Waals surface area contributed by atoms with Gasteiger partial charge in [0, 0.05) is 42.5 Å². The van der Waals surface area contributed by atoms with Crippen molar-refractivity contribution in [1.29, 1.82) is 0 Å². The lowest BCUT2D eigenvalue weighted by Crippen LogP contribution is -2.39. The number of rotatable bonds is 6. The molecule has 0 bridgehead atoms. The number of phenolic OH excluding ortho intramolecular Hbond substituents is 1. The summed E-state index contributed by atoms with van der Waals surface area (Å²) in [5.74, 6) is 0.157. The van der Waals surface area contributed by atoms with E-state index < -0.39 is 0 Å². The van der Waals surface area contributed by atoms with Crippen LogP contribution in [0.3, 0.4) is 0 Å². The maximum Gasteiger partial charge on any atom is 0.251 e. The minimum atomic E-state index is -0.0691. The lowest BCUT2D eigenvalue weighted by Gasteiger charge is -2.33. The van der Waals surface area contributed by atoms with Crippen LogP contribution in [0.15, 0.2) is 54.9 Å². The Kier molecular flexibility index (Phi) is 6.29. The van der Waals surface area contributed by atoms with Crippen LogP contribution in [0.1, 0.15) is 43.0 Å². The molecule has 30 heavy (non-hydrogen) atoms. The predicted octanol–water partition coefficient (Wildman–Crippen LogP) is 4.60. The van der Waals surface area contributed by atoms with Gasteiger partial charge in [-0.2, -0.15) is 0 Å². The molecule has 0 spiro atoms. The SMILES string of the molecule is CC1CCCCN1CCCNC(=O)c1cc(-c2ccc(O)cc2)cc2ccncc12. The first-order valence-corrected chi connectivity index (χ1v) is 10.8. The Balaban J connectivity index is 1.49. The fraction of sp³-hybridized carbons (Fsp3) is 0.360. The third kappa shape index (κ3) is 4.62. The van der Waals surface area contributed by atoms with E-state index in [-0.39, 0.29) is 11.7 Å². The van der Waals surface area contributed by atoms with Crippen LogP contribution in [-0.2, 0) is 0 Å². The van der Waals surface area contributed by atoms with Crippen molar-refractivity contribution in [2.24, 2.45) is 0 Å². The van der Waals surface area contributed by atoms with Gasteiger partial charge in [0.1, 0.15) is 5.75 Å². The van der Waals surface area contributed by atoms with Crippen molar-refractivity contribution in [3.63, 3.8) is 0 Å². The lowest BCUT2D eigenvalue weighted by atomic mass is 9.97. The minimum Gasteiger partial charge on any atom is -0.508 e. The van der Waals surface area contributed by atoms with Crippen LogP contribution in [0.4, 0.5) is 0 Å². The molecule has 1 aliphatic rings. The Morgan fingerprint density at radius 2 is 2.00 bits per heavy atom. The molecular weight excluding hydrogens is 374 g/mol. The number of likely N-dealkylation sites (tertiary alicyclic amines) is 1. The normalized spacial score (nSPS) is 17.2. The molecule has 0 radical (unpaired) electrons. The van der Waals surface area contributed by atoms with E-state index in [9.17, 15) is 9.90 Å². The van der Waals surface area contributed by atoms with Crippen LogP contribution < -0.4 is 5.32 Å². The van der Waals surface area contributed by atoms with Gasteiger partial charge in [0.25, 0.3) is 5.91 Å². The van der Waals surface area contributed by atoms with Gasteiger partial charge >= 0.3 is 0 Å². The van der Waals surface area contributed by atoms with Gasteiger partial charge in [0.05, 0.1) is 0 Å². The van der Waals surface area contributed by atoms with E-state index in [0.717, 1.165) is 34.9 Å². The van der Waals surface area contributed by atoms with Crippen molar-refractivity contribution in [1.82, 2.24) is 15.2 Å². The fourth-order valence-electron chi connectivity index (χ4n) is 4.28. The Morgan fingerprint density at radius 1 is 1.17 bits per heavy atom. The molecule has 5 nitrogen and oxygen atoms in total. The maximum atomic E-state index is 13.0. The molecule has 2 N–H and O–H groups in total. The summed E-state index contributed by atoms with van der Waals surface area (Å²) >= 11 is 0. The fourth-order valence-corrected chi connectivity index (χ4v) is 4.28. The molecular formula is C25H29N3O2. The summed E-state index contributed by atoms with van der Waals surface area (Å²) in [5.41, 5.74) is 2.54. The van der Waals surface area contributed by atoms with Crippen LogP contribution in [0.2, 0.25) is 0 Å². The van der Waals surface area contributed by atoms with E-state index in [1.807, 2.05) is 24.3 Å². The number of benzene rings is 2. The number of nitrogens with one attached hydrogen (secondary N) is 1. The molecule has 1 atom stereocenters. The Bertz CT molecular complexity index is 1020. The van der Waals surface area contributed by atoms with Crippen LogP contribution in [0.25, 0.3) is 21.9 Å². The predicted molar refractivity (Wildman–Crippen MR) is 121 cm³/mol. The first kappa shape index (κ1) is 20.4. The zero-order chi connectivity index (χ0) is 20.9. The van der Waals surface area contributed by atoms with Crippen LogP contribution >= 0.6 is 0 Å². The molecule has 156 valence electrons. The van der Waals surface area contributed by atoms with Gasteiger partial charge in [-0.3, -0.25) is 9.78 Å². The number of amides is 1. The number of nitrogens with zero attached hydrogens (tertiary/aromatic N) is 2. The summed E-state index contributed by atoms with van der Waals surface area (Å²) in [7, 11) is 0. The molecule has 1 aliphatic heterocycles. The highest BCUT2D eigenvalue weighted by Gasteiger charge is 2.18. The summed E-state index contributed by atoms with van der Waals surface area (Å²) in [6, 6.07) is 13.6. The van der Waals surface area contributed by atoms with E-state index in [1.165, 1.54) is 25.8 Å². The number of carbonyl (C=O) groups is 1. The molecule has 1 saturated heterocycles. The van der Waals surface area contributed by atoms with E-state index in [1.54, 1.807) is 24.5 Å². The zero-order valence-electron chi connectivity index (χ0n) is 17.5. The molecule has 0 saturated carbocycles. The molecule has 5 heteroatoms. The smallest absolute Gasteiger partial charge is 0.251 e. The number of hydrogen-bond donors (Lipinski definition) is 2. The zero-order valence-corrected chi connectivity index (χ0v) is 17.5. The average Bonchev–Trinajstić information content (AvgIpc) is 2.77. The summed E-state index contributed by atoms with van der Waals surface area (Å²) in [4.78, 5) is 19.8. The number of pyridine rings is 1. The number of aromatic nitrogens is 1. The van der Waals surface area contributed by atoms with Crippen molar-refractivity contribution in [3.05, 3.63) is 60.4 Å². The maximum absolute atomic E-state index is 13.0. The van der Waals surface area contributed by atoms with Gasteiger partial charge < -0.3 is 15.3 Å². The van der Waals surface area contributed by atoms with Gasteiger partial charge in [-0.05, 0) is 79.6 Å². The quantitative estimate of drug-likeness (QED) is 0.590. The monoisotopic (exact) mass is 403 g/mol. The average molecular weight is 404 g/mol. The second-order valence-corrected chi connectivity index (χ2v) is 8.16. The summed E-state index contributed by atoms with van der Waals surface area (Å²) in [5, 5.41) is 14.5.